The highest BCUT2D eigenvalue weighted by atomic mass is 16.5. The van der Waals surface area contributed by atoms with E-state index in [9.17, 15) is 4.79 Å². The third kappa shape index (κ3) is 3.68. The van der Waals surface area contributed by atoms with Crippen molar-refractivity contribution < 1.29 is 14.6 Å². The van der Waals surface area contributed by atoms with Crippen LogP contribution in [0.25, 0.3) is 0 Å². The molecule has 1 aliphatic carbocycles. The molecule has 0 unspecified atom stereocenters. The topological polar surface area (TPSA) is 49.8 Å². The maximum absolute atomic E-state index is 12.4. The van der Waals surface area contributed by atoms with Gasteiger partial charge in [-0.1, -0.05) is 19.8 Å². The Hall–Kier alpha value is -0.610. The molecule has 17 heavy (non-hydrogen) atoms. The lowest BCUT2D eigenvalue weighted by molar-refractivity contribution is -0.141. The van der Waals surface area contributed by atoms with E-state index in [1.165, 1.54) is 12.8 Å². The number of aliphatic hydroxyl groups excluding tert-OH is 1. The van der Waals surface area contributed by atoms with Crippen molar-refractivity contribution in [3.8, 4) is 0 Å². The van der Waals surface area contributed by atoms with E-state index in [1.54, 1.807) is 4.90 Å². The largest absolute Gasteiger partial charge is 0.394 e. The van der Waals surface area contributed by atoms with Crippen LogP contribution in [0.15, 0.2) is 0 Å². The summed E-state index contributed by atoms with van der Waals surface area (Å²) in [4.78, 5) is 14.2. The molecule has 1 rings (SSSR count). The van der Waals surface area contributed by atoms with Crippen LogP contribution in [-0.2, 0) is 9.53 Å². The molecule has 0 saturated heterocycles. The van der Waals surface area contributed by atoms with Gasteiger partial charge in [0.05, 0.1) is 19.8 Å². The smallest absolute Gasteiger partial charge is 0.228 e. The number of likely N-dealkylation sites (N-methyl/N-ethyl adjacent to an activating group) is 1. The average Bonchev–Trinajstić information content (AvgIpc) is 2.83. The highest BCUT2D eigenvalue weighted by Crippen LogP contribution is 2.42. The maximum atomic E-state index is 12.4. The van der Waals surface area contributed by atoms with Crippen LogP contribution in [0.2, 0.25) is 0 Å². The van der Waals surface area contributed by atoms with Gasteiger partial charge < -0.3 is 14.7 Å². The Kier molecular flexibility index (Phi) is 5.92. The minimum Gasteiger partial charge on any atom is -0.394 e. The summed E-state index contributed by atoms with van der Waals surface area (Å²) >= 11 is 0. The molecule has 1 fully saturated rings. The summed E-state index contributed by atoms with van der Waals surface area (Å²) in [6, 6.07) is 0. The fraction of sp³-hybridized carbons (Fsp3) is 0.923. The van der Waals surface area contributed by atoms with Crippen molar-refractivity contribution in [2.24, 2.45) is 5.41 Å². The quantitative estimate of drug-likeness (QED) is 0.688. The normalized spacial score (nSPS) is 18.3. The van der Waals surface area contributed by atoms with Gasteiger partial charge >= 0.3 is 0 Å². The number of amides is 1. The summed E-state index contributed by atoms with van der Waals surface area (Å²) in [5, 5.41) is 8.59. The lowest BCUT2D eigenvalue weighted by atomic mass is 9.82. The van der Waals surface area contributed by atoms with E-state index in [1.807, 2.05) is 7.05 Å². The second-order valence-corrected chi connectivity index (χ2v) is 4.90. The molecular formula is C13H25NO3. The first-order valence-electron chi connectivity index (χ1n) is 6.60. The lowest BCUT2D eigenvalue weighted by Gasteiger charge is -2.31. The van der Waals surface area contributed by atoms with Gasteiger partial charge in [-0.05, 0) is 19.3 Å². The van der Waals surface area contributed by atoms with Gasteiger partial charge in [-0.3, -0.25) is 4.79 Å². The molecule has 0 aromatic rings. The molecule has 1 aliphatic rings. The van der Waals surface area contributed by atoms with E-state index in [0.29, 0.717) is 19.8 Å². The second kappa shape index (κ2) is 6.97. The van der Waals surface area contributed by atoms with Crippen LogP contribution < -0.4 is 0 Å². The molecule has 1 amide bonds. The van der Waals surface area contributed by atoms with Crippen LogP contribution in [0.3, 0.4) is 0 Å². The lowest BCUT2D eigenvalue weighted by Crippen LogP contribution is -2.41. The standard InChI is InChI=1S/C13H25NO3/c1-3-13(6-4-5-7-13)12(16)14(2)8-10-17-11-9-15/h15H,3-11H2,1-2H3. The van der Waals surface area contributed by atoms with Crippen LogP contribution in [-0.4, -0.2) is 49.3 Å². The van der Waals surface area contributed by atoms with Crippen LogP contribution in [0, 0.1) is 5.41 Å². The Labute approximate surface area is 104 Å². The molecule has 0 bridgehead atoms. The number of nitrogens with zero attached hydrogens (tertiary/aromatic N) is 1. The Morgan fingerprint density at radius 2 is 2.00 bits per heavy atom. The van der Waals surface area contributed by atoms with Crippen molar-refractivity contribution in [2.45, 2.75) is 39.0 Å². The predicted octanol–water partition coefficient (Wildman–Crippen LogP) is 1.42. The maximum Gasteiger partial charge on any atom is 0.228 e. The molecule has 0 atom stereocenters. The van der Waals surface area contributed by atoms with E-state index in [0.717, 1.165) is 19.3 Å². The van der Waals surface area contributed by atoms with Crippen LogP contribution in [0.4, 0.5) is 0 Å². The Bertz CT molecular complexity index is 237. The van der Waals surface area contributed by atoms with Crippen molar-refractivity contribution in [1.82, 2.24) is 4.90 Å². The summed E-state index contributed by atoms with van der Waals surface area (Å²) in [6.07, 6.45) is 5.35. The van der Waals surface area contributed by atoms with Gasteiger partial charge in [0.2, 0.25) is 5.91 Å². The SMILES string of the molecule is CCC1(C(=O)N(C)CCOCCO)CCCC1. The predicted molar refractivity (Wildman–Crippen MR) is 66.7 cm³/mol. The average molecular weight is 243 g/mol. The molecular weight excluding hydrogens is 218 g/mol. The van der Waals surface area contributed by atoms with E-state index in [2.05, 4.69) is 6.92 Å². The molecule has 100 valence electrons. The third-order valence-electron chi connectivity index (χ3n) is 3.84. The zero-order chi connectivity index (χ0) is 12.7. The minimum atomic E-state index is -0.105. The summed E-state index contributed by atoms with van der Waals surface area (Å²) < 4.78 is 5.19. The van der Waals surface area contributed by atoms with E-state index < -0.39 is 0 Å². The molecule has 0 heterocycles. The van der Waals surface area contributed by atoms with Gasteiger partial charge in [-0.25, -0.2) is 0 Å². The molecule has 1 N–H and O–H groups in total. The first-order valence-corrected chi connectivity index (χ1v) is 6.60. The van der Waals surface area contributed by atoms with Gasteiger partial charge in [0.1, 0.15) is 0 Å². The van der Waals surface area contributed by atoms with Gasteiger partial charge in [0.15, 0.2) is 0 Å². The van der Waals surface area contributed by atoms with Gasteiger partial charge in [0, 0.05) is 19.0 Å². The summed E-state index contributed by atoms with van der Waals surface area (Å²) in [6.45, 7) is 3.61. The number of aliphatic hydroxyl groups is 1. The monoisotopic (exact) mass is 243 g/mol. The number of ether oxygens (including phenoxy) is 1. The van der Waals surface area contributed by atoms with E-state index >= 15 is 0 Å². The summed E-state index contributed by atoms with van der Waals surface area (Å²) in [5.41, 5.74) is -0.105. The highest BCUT2D eigenvalue weighted by Gasteiger charge is 2.40. The first kappa shape index (κ1) is 14.5. The molecule has 1 saturated carbocycles. The summed E-state index contributed by atoms with van der Waals surface area (Å²) in [5.74, 6) is 0.269. The van der Waals surface area contributed by atoms with Crippen molar-refractivity contribution >= 4 is 5.91 Å². The fourth-order valence-corrected chi connectivity index (χ4v) is 2.64. The number of carbonyl (C=O) groups excluding carboxylic acids is 1. The summed E-state index contributed by atoms with van der Waals surface area (Å²) in [7, 11) is 1.85. The van der Waals surface area contributed by atoms with Gasteiger partial charge in [-0.2, -0.15) is 0 Å². The van der Waals surface area contributed by atoms with E-state index in [4.69, 9.17) is 9.84 Å². The molecule has 0 radical (unpaired) electrons. The number of hydrogen-bond acceptors (Lipinski definition) is 3. The zero-order valence-corrected chi connectivity index (χ0v) is 11.1. The molecule has 0 spiro atoms. The van der Waals surface area contributed by atoms with E-state index in [-0.39, 0.29) is 17.9 Å². The second-order valence-electron chi connectivity index (χ2n) is 4.90. The Balaban J connectivity index is 2.39. The molecule has 0 aromatic carbocycles. The fourth-order valence-electron chi connectivity index (χ4n) is 2.64. The molecule has 4 heteroatoms. The zero-order valence-electron chi connectivity index (χ0n) is 11.1. The highest BCUT2D eigenvalue weighted by molar-refractivity contribution is 5.82. The van der Waals surface area contributed by atoms with Crippen molar-refractivity contribution in [3.63, 3.8) is 0 Å². The molecule has 0 aliphatic heterocycles. The van der Waals surface area contributed by atoms with Crippen LogP contribution in [0.5, 0.6) is 0 Å². The number of hydrogen-bond donors (Lipinski definition) is 1. The number of carbonyl (C=O) groups is 1. The molecule has 4 nitrogen and oxygen atoms in total. The molecule has 0 aromatic heterocycles. The van der Waals surface area contributed by atoms with Crippen molar-refractivity contribution in [1.29, 1.82) is 0 Å². The number of rotatable bonds is 7. The van der Waals surface area contributed by atoms with Gasteiger partial charge in [-0.15, -0.1) is 0 Å². The third-order valence-corrected chi connectivity index (χ3v) is 3.84. The van der Waals surface area contributed by atoms with Crippen LogP contribution >= 0.6 is 0 Å². The first-order chi connectivity index (χ1) is 8.16. The Morgan fingerprint density at radius 1 is 1.35 bits per heavy atom. The van der Waals surface area contributed by atoms with Gasteiger partial charge in [0.25, 0.3) is 0 Å². The Morgan fingerprint density at radius 3 is 2.53 bits per heavy atom. The van der Waals surface area contributed by atoms with Crippen LogP contribution in [0.1, 0.15) is 39.0 Å². The minimum absolute atomic E-state index is 0.0383. The van der Waals surface area contributed by atoms with Crippen molar-refractivity contribution in [2.75, 3.05) is 33.4 Å². The van der Waals surface area contributed by atoms with Crippen molar-refractivity contribution in [3.05, 3.63) is 0 Å².